The Labute approximate surface area is 498 Å². The molecule has 0 aromatic rings. The highest BCUT2D eigenvalue weighted by atomic mass is 32.2. The van der Waals surface area contributed by atoms with Crippen molar-refractivity contribution >= 4 is 33.5 Å². The van der Waals surface area contributed by atoms with Gasteiger partial charge in [-0.2, -0.15) is 0 Å². The first-order valence-corrected chi connectivity index (χ1v) is 33.5. The van der Waals surface area contributed by atoms with Gasteiger partial charge in [0.1, 0.15) is 16.0 Å². The van der Waals surface area contributed by atoms with Crippen LogP contribution in [-0.2, 0) is 33.8 Å². The van der Waals surface area contributed by atoms with Crippen LogP contribution in [0.1, 0.15) is 161 Å². The lowest BCUT2D eigenvalue weighted by molar-refractivity contribution is -0.130. The molecular formula is C57H120FN17O7S. The molecule has 11 aliphatic heterocycles. The van der Waals surface area contributed by atoms with Crippen LogP contribution >= 0.6 is 0 Å². The number of nitrogens with zero attached hydrogens (tertiary/aromatic N) is 2. The Kier molecular flexibility index (Phi) is 41.8. The van der Waals surface area contributed by atoms with E-state index in [1.54, 1.807) is 6.92 Å². The van der Waals surface area contributed by atoms with Crippen molar-refractivity contribution in [3.63, 3.8) is 0 Å². The van der Waals surface area contributed by atoms with Gasteiger partial charge in [-0.3, -0.25) is 19.2 Å². The molecule has 1 saturated carbocycles. The smallest absolute Gasteiger partial charge is 0.236 e. The summed E-state index contributed by atoms with van der Waals surface area (Å²) in [5.41, 5.74) is 55.7. The summed E-state index contributed by atoms with van der Waals surface area (Å²) >= 11 is 0. The lowest BCUT2D eigenvalue weighted by atomic mass is 9.85. The predicted octanol–water partition coefficient (Wildman–Crippen LogP) is -1.29. The predicted molar refractivity (Wildman–Crippen MR) is 332 cm³/mol. The molecule has 8 atom stereocenters. The number of hydrogen-bond donors (Lipinski definition) is 15. The molecule has 8 unspecified atom stereocenters. The van der Waals surface area contributed by atoms with E-state index in [1.165, 1.54) is 38.8 Å². The molecular weight excluding hydrogens is 1090 g/mol. The Balaban J connectivity index is 0.000000315. The largest absolute Gasteiger partial charge is 0.380 e. The summed E-state index contributed by atoms with van der Waals surface area (Å²) in [6, 6.07) is 2.43. The molecule has 4 amide bonds. The number of nitrogens with two attached hydrogens (primary N) is 10. The number of halogens is 1. The highest BCUT2D eigenvalue weighted by Crippen LogP contribution is 2.26. The standard InChI is InChI=1S/C7H14N2O.C7H14N2.C6H12FN.2C6H12N2O.C5H10N2O.2C5H12N2.C5H11NO2S.C5H11NO/c1-6(10)9-4-2-7(8)3-5-9;8-7-5-9-3-1-6(7)2-4-9;7-5-2-1-3-6(8)4-5;7-5-1-2-6(9)8-4-3-5;7-5-3-1-2-4-8-6(5)9;6-4-1-2-5(8)7-3-4;6-5-1-3-7-4-2-5;6-5-2-1-3-7-4-5;6-5-1-3-9(7,8)4-2-5;6-5-2-1-3-7-4-5/h7H,2-5,8H2,1H3;6-7H,1-5,8H2;5-6H,1-4,8H2;2*5H,1-4,7H2,(H,8,9);4H,1-3,6H2,(H,7,8);2*5,7H,1-4,6H2;5H,1-4,6H2;5H,1-4,6H2. The van der Waals surface area contributed by atoms with Gasteiger partial charge in [0.2, 0.25) is 23.6 Å². The average Bonchev–Trinajstić information content (AvgIpc) is 3.82. The Hall–Kier alpha value is -2.80. The molecule has 12 aliphatic rings. The van der Waals surface area contributed by atoms with E-state index in [9.17, 15) is 32.0 Å². The van der Waals surface area contributed by atoms with Crippen LogP contribution in [0.15, 0.2) is 0 Å². The normalized spacial score (nSPS) is 31.7. The number of fused-ring (bicyclic) bond motifs is 3. The molecule has 0 radical (unpaired) electrons. The van der Waals surface area contributed by atoms with Crippen molar-refractivity contribution in [2.24, 2.45) is 63.3 Å². The third kappa shape index (κ3) is 40.3. The van der Waals surface area contributed by atoms with Gasteiger partial charge in [-0.25, -0.2) is 12.8 Å². The van der Waals surface area contributed by atoms with Crippen molar-refractivity contribution in [2.75, 3.05) is 103 Å². The zero-order chi connectivity index (χ0) is 61.4. The number of alkyl halides is 1. The molecule has 24 nitrogen and oxygen atoms in total. The van der Waals surface area contributed by atoms with E-state index in [1.807, 2.05) is 4.90 Å². The third-order valence-corrected chi connectivity index (χ3v) is 18.0. The van der Waals surface area contributed by atoms with Gasteiger partial charge >= 0.3 is 0 Å². The van der Waals surface area contributed by atoms with Crippen LogP contribution in [0, 0.1) is 5.92 Å². The van der Waals surface area contributed by atoms with E-state index >= 15 is 0 Å². The van der Waals surface area contributed by atoms with Crippen LogP contribution in [0.25, 0.3) is 0 Å². The van der Waals surface area contributed by atoms with Crippen molar-refractivity contribution in [3.05, 3.63) is 0 Å². The summed E-state index contributed by atoms with van der Waals surface area (Å²) < 4.78 is 38.9. The molecule has 83 heavy (non-hydrogen) atoms. The fourth-order valence-corrected chi connectivity index (χ4v) is 12.0. The van der Waals surface area contributed by atoms with Crippen molar-refractivity contribution in [1.29, 1.82) is 0 Å². The summed E-state index contributed by atoms with van der Waals surface area (Å²) in [7, 11) is -2.70. The minimum Gasteiger partial charge on any atom is -0.380 e. The first-order valence-electron chi connectivity index (χ1n) is 31.7. The van der Waals surface area contributed by atoms with Crippen LogP contribution < -0.4 is 83.9 Å². The first-order chi connectivity index (χ1) is 39.5. The molecule has 26 heteroatoms. The second-order valence-corrected chi connectivity index (χ2v) is 26.6. The summed E-state index contributed by atoms with van der Waals surface area (Å²) in [5, 5.41) is 14.6. The van der Waals surface area contributed by atoms with E-state index < -0.39 is 16.0 Å². The fourth-order valence-electron chi connectivity index (χ4n) is 10.4. The van der Waals surface area contributed by atoms with Crippen LogP contribution in [0.2, 0.25) is 0 Å². The lowest BCUT2D eigenvalue weighted by Gasteiger charge is -2.43. The number of nitrogens with one attached hydrogen (secondary N) is 5. The summed E-state index contributed by atoms with van der Waals surface area (Å²) in [6.45, 7) is 15.3. The Morgan fingerprint density at radius 1 is 0.518 bits per heavy atom. The highest BCUT2D eigenvalue weighted by molar-refractivity contribution is 7.91. The number of sulfone groups is 1. The van der Waals surface area contributed by atoms with Crippen LogP contribution in [-0.4, -0.2) is 212 Å². The number of likely N-dealkylation sites (tertiary alicyclic amines) is 1. The Bertz CT molecular complexity index is 1740. The molecule has 12 rings (SSSR count). The van der Waals surface area contributed by atoms with Gasteiger partial charge in [-0.05, 0) is 180 Å². The van der Waals surface area contributed by atoms with Gasteiger partial charge in [0.05, 0.1) is 24.2 Å². The van der Waals surface area contributed by atoms with Crippen molar-refractivity contribution < 1.29 is 36.7 Å². The minimum atomic E-state index is -2.70. The van der Waals surface area contributed by atoms with Crippen LogP contribution in [0.5, 0.6) is 0 Å². The zero-order valence-corrected chi connectivity index (χ0v) is 51.8. The number of hydrogen-bond acceptors (Lipinski definition) is 20. The maximum Gasteiger partial charge on any atom is 0.236 e. The van der Waals surface area contributed by atoms with Crippen molar-refractivity contribution in [1.82, 2.24) is 36.4 Å². The number of rotatable bonds is 0. The second-order valence-electron chi connectivity index (χ2n) is 24.3. The topological polar surface area (TPSA) is 438 Å². The van der Waals surface area contributed by atoms with Gasteiger partial charge in [-0.15, -0.1) is 0 Å². The maximum absolute atomic E-state index is 12.4. The molecule has 0 aromatic heterocycles. The molecule has 2 bridgehead atoms. The number of ether oxygens (including phenoxy) is 1. The van der Waals surface area contributed by atoms with Crippen LogP contribution in [0.3, 0.4) is 0 Å². The van der Waals surface area contributed by atoms with E-state index in [4.69, 9.17) is 62.1 Å². The summed E-state index contributed by atoms with van der Waals surface area (Å²) in [4.78, 5) is 47.0. The van der Waals surface area contributed by atoms with Gasteiger partial charge in [-0.1, -0.05) is 0 Å². The first kappa shape index (κ1) is 76.3. The van der Waals surface area contributed by atoms with Crippen molar-refractivity contribution in [3.8, 4) is 0 Å². The molecule has 488 valence electrons. The number of carbonyl (C=O) groups is 4. The fraction of sp³-hybridized carbons (Fsp3) is 0.930. The maximum atomic E-state index is 12.4. The van der Waals surface area contributed by atoms with E-state index in [0.717, 1.165) is 174 Å². The minimum absolute atomic E-state index is 0.00694. The molecule has 0 spiro atoms. The Morgan fingerprint density at radius 2 is 1.08 bits per heavy atom. The van der Waals surface area contributed by atoms with E-state index in [2.05, 4.69) is 31.5 Å². The van der Waals surface area contributed by atoms with Crippen molar-refractivity contribution in [2.45, 2.75) is 228 Å². The van der Waals surface area contributed by atoms with E-state index in [0.29, 0.717) is 68.9 Å². The van der Waals surface area contributed by atoms with E-state index in [-0.39, 0.29) is 65.3 Å². The molecule has 12 fully saturated rings. The van der Waals surface area contributed by atoms with Gasteiger partial charge in [0.15, 0.2) is 0 Å². The summed E-state index contributed by atoms with van der Waals surface area (Å²) in [5.74, 6) is 1.88. The van der Waals surface area contributed by atoms with Crippen LogP contribution in [0.4, 0.5) is 4.39 Å². The number of piperidine rings is 7. The number of amides is 4. The Morgan fingerprint density at radius 3 is 1.51 bits per heavy atom. The SMILES string of the molecule is CC(=O)N1CCC(N)CC1.NC1CCC(=O)NC1.NC1CCCC(F)C1.NC1CCCCNC1=O.NC1CCCNC1.NC1CCCOC1.NC1CCNC(=O)CC1.NC1CCNCC1.NC1CCS(=O)(=O)CC1.NC1CN2CCC1CC2. The highest BCUT2D eigenvalue weighted by Gasteiger charge is 2.31. The molecule has 0 aromatic carbocycles. The number of carbonyl (C=O) groups excluding carboxylic acids is 4. The average molecular weight is 1210 g/mol. The molecule has 11 saturated heterocycles. The molecule has 1 aliphatic carbocycles. The second kappa shape index (κ2) is 45.5. The lowest BCUT2D eigenvalue weighted by Crippen LogP contribution is -2.54. The van der Waals surface area contributed by atoms with Gasteiger partial charge in [0.25, 0.3) is 0 Å². The zero-order valence-electron chi connectivity index (χ0n) is 51.0. The molecule has 25 N–H and O–H groups in total. The van der Waals surface area contributed by atoms with Gasteiger partial charge in [0, 0.05) is 127 Å². The summed E-state index contributed by atoms with van der Waals surface area (Å²) in [6.07, 6.45) is 22.4. The molecule has 11 heterocycles. The quantitative estimate of drug-likeness (QED) is 0.134. The monoisotopic (exact) mass is 1210 g/mol. The van der Waals surface area contributed by atoms with Gasteiger partial charge < -0.3 is 98.5 Å². The third-order valence-electron chi connectivity index (χ3n) is 16.3.